The van der Waals surface area contributed by atoms with Gasteiger partial charge in [-0.15, -0.1) is 0 Å². The monoisotopic (exact) mass is 588 g/mol. The summed E-state index contributed by atoms with van der Waals surface area (Å²) >= 11 is 0. The Hall–Kier alpha value is -4.95. The van der Waals surface area contributed by atoms with E-state index in [0.717, 1.165) is 0 Å². The van der Waals surface area contributed by atoms with E-state index in [1.165, 1.54) is 33.4 Å². The number of pyridine rings is 2. The van der Waals surface area contributed by atoms with Crippen LogP contribution < -0.4 is 9.97 Å². The second-order valence-electron chi connectivity index (χ2n) is 9.58. The molecule has 6 nitrogen and oxygen atoms in total. The lowest BCUT2D eigenvalue weighted by Gasteiger charge is -2.17. The molecular weight excluding hydrogens is 556 g/mol. The van der Waals surface area contributed by atoms with Crippen molar-refractivity contribution in [1.29, 1.82) is 0 Å². The first-order valence-corrected chi connectivity index (χ1v) is 15.0. The van der Waals surface area contributed by atoms with Crippen molar-refractivity contribution in [3.05, 3.63) is 204 Å². The Morgan fingerprint density at radius 2 is 0.558 bits per heavy atom. The molecule has 0 atom stereocenters. The van der Waals surface area contributed by atoms with Crippen LogP contribution in [-0.4, -0.2) is 17.5 Å². The summed E-state index contributed by atoms with van der Waals surface area (Å²) in [6.45, 7) is 0. The van der Waals surface area contributed by atoms with Gasteiger partial charge in [0.1, 0.15) is 0 Å². The fourth-order valence-electron chi connectivity index (χ4n) is 4.92. The summed E-state index contributed by atoms with van der Waals surface area (Å²) in [5.74, 6) is 0.578. The van der Waals surface area contributed by atoms with Crippen molar-refractivity contribution in [3.63, 3.8) is 0 Å². The molecule has 216 valence electrons. The number of nitrogens with one attached hydrogen (secondary N) is 2. The third kappa shape index (κ3) is 10.1. The third-order valence-corrected chi connectivity index (χ3v) is 6.69. The first-order chi connectivity index (χ1) is 20.9. The summed E-state index contributed by atoms with van der Waals surface area (Å²) in [4.78, 5) is 6.18. The number of aromatic nitrogens is 2. The lowest BCUT2D eigenvalue weighted by Crippen LogP contribution is -2.06. The quantitative estimate of drug-likeness (QED) is 0.175. The van der Waals surface area contributed by atoms with Gasteiger partial charge in [0.15, 0.2) is 24.8 Å². The molecule has 0 aliphatic rings. The fourth-order valence-corrected chi connectivity index (χ4v) is 4.92. The van der Waals surface area contributed by atoms with Crippen molar-refractivity contribution in [2.75, 3.05) is 0 Å². The van der Waals surface area contributed by atoms with Crippen LogP contribution >= 0.6 is 0 Å². The van der Waals surface area contributed by atoms with Crippen LogP contribution in [-0.2, 0) is 10.4 Å². The summed E-state index contributed by atoms with van der Waals surface area (Å²) in [6.07, 6.45) is 7.92. The van der Waals surface area contributed by atoms with Gasteiger partial charge in [0.2, 0.25) is 0 Å². The van der Waals surface area contributed by atoms with Crippen LogP contribution in [0.25, 0.3) is 0 Å². The Morgan fingerprint density at radius 1 is 0.372 bits per heavy atom. The molecule has 6 rings (SSSR count). The Kier molecular flexibility index (Phi) is 11.5. The van der Waals surface area contributed by atoms with E-state index in [0.29, 0.717) is 0 Å². The highest BCUT2D eigenvalue weighted by Gasteiger charge is 2.17. The average molecular weight is 589 g/mol. The minimum atomic E-state index is -5.17. The van der Waals surface area contributed by atoms with Gasteiger partial charge < -0.3 is 9.11 Å². The Balaban J connectivity index is 0.000000171. The normalized spacial score (nSPS) is 10.7. The molecule has 2 N–H and O–H groups in total. The van der Waals surface area contributed by atoms with E-state index in [1.54, 1.807) is 0 Å². The maximum atomic E-state index is 8.52. The van der Waals surface area contributed by atoms with Crippen molar-refractivity contribution in [2.45, 2.75) is 11.8 Å². The topological polar surface area (TPSA) is 109 Å². The highest BCUT2D eigenvalue weighted by molar-refractivity contribution is 7.79. The molecule has 0 aliphatic heterocycles. The number of H-pyrrole nitrogens is 2. The Morgan fingerprint density at radius 3 is 0.767 bits per heavy atom. The van der Waals surface area contributed by atoms with Gasteiger partial charge in [0, 0.05) is 46.5 Å². The Labute approximate surface area is 253 Å². The summed E-state index contributed by atoms with van der Waals surface area (Å²) in [7, 11) is -5.17. The van der Waals surface area contributed by atoms with Crippen molar-refractivity contribution >= 4 is 10.4 Å². The molecule has 0 bridgehead atoms. The second-order valence-corrected chi connectivity index (χ2v) is 10.4. The molecule has 0 amide bonds. The minimum Gasteiger partial charge on any atom is -0.759 e. The zero-order chi connectivity index (χ0) is 30.3. The largest absolute Gasteiger partial charge is 0.759 e. The van der Waals surface area contributed by atoms with E-state index >= 15 is 0 Å². The van der Waals surface area contributed by atoms with Crippen LogP contribution in [0.4, 0.5) is 0 Å². The number of hydrogen-bond donors (Lipinski definition) is 0. The van der Waals surface area contributed by atoms with Crippen molar-refractivity contribution < 1.29 is 27.5 Å². The van der Waals surface area contributed by atoms with Gasteiger partial charge >= 0.3 is 0 Å². The van der Waals surface area contributed by atoms with Gasteiger partial charge in [-0.05, 0) is 33.4 Å². The van der Waals surface area contributed by atoms with E-state index in [2.05, 4.69) is 156 Å². The molecule has 0 spiro atoms. The molecule has 0 fully saturated rings. The lowest BCUT2D eigenvalue weighted by molar-refractivity contribution is -0.378. The van der Waals surface area contributed by atoms with E-state index in [-0.39, 0.29) is 11.8 Å². The van der Waals surface area contributed by atoms with Gasteiger partial charge in [-0.1, -0.05) is 121 Å². The highest BCUT2D eigenvalue weighted by atomic mass is 32.3. The van der Waals surface area contributed by atoms with Gasteiger partial charge in [-0.2, -0.15) is 0 Å². The van der Waals surface area contributed by atoms with Crippen molar-refractivity contribution in [3.8, 4) is 0 Å². The van der Waals surface area contributed by atoms with E-state index < -0.39 is 10.4 Å². The zero-order valence-electron chi connectivity index (χ0n) is 23.4. The number of aromatic amines is 2. The molecule has 0 unspecified atom stereocenters. The second kappa shape index (κ2) is 15.9. The number of benzene rings is 4. The maximum Gasteiger partial charge on any atom is 0.167 e. The highest BCUT2D eigenvalue weighted by Crippen LogP contribution is 2.32. The van der Waals surface area contributed by atoms with Crippen LogP contribution in [0.2, 0.25) is 0 Å². The smallest absolute Gasteiger partial charge is 0.167 e. The molecule has 0 radical (unpaired) electrons. The molecule has 7 heteroatoms. The molecule has 43 heavy (non-hydrogen) atoms. The van der Waals surface area contributed by atoms with E-state index in [1.807, 2.05) is 24.8 Å². The molecule has 0 saturated carbocycles. The Bertz CT molecular complexity index is 1410. The van der Waals surface area contributed by atoms with Crippen molar-refractivity contribution in [1.82, 2.24) is 0 Å². The molecule has 0 aliphatic carbocycles. The van der Waals surface area contributed by atoms with E-state index in [4.69, 9.17) is 17.5 Å². The minimum absolute atomic E-state index is 0.289. The average Bonchev–Trinajstić information content (AvgIpc) is 3.04. The van der Waals surface area contributed by atoms with Crippen LogP contribution in [0.5, 0.6) is 0 Å². The molecule has 6 aromatic rings. The van der Waals surface area contributed by atoms with Gasteiger partial charge in [0.25, 0.3) is 0 Å². The number of hydrogen-bond acceptors (Lipinski definition) is 4. The van der Waals surface area contributed by atoms with Crippen LogP contribution in [0.3, 0.4) is 0 Å². The predicted octanol–water partition coefficient (Wildman–Crippen LogP) is 6.02. The summed E-state index contributed by atoms with van der Waals surface area (Å²) < 4.78 is 34.1. The SMILES string of the molecule is O=S(=O)([O-])[O-].c1ccc(C(c2ccccc2)c2cc[nH+]cc2)cc1.c1ccc(C(c2ccccc2)c2cc[nH+]cc2)cc1. The number of rotatable bonds is 6. The first-order valence-electron chi connectivity index (χ1n) is 13.7. The molecular formula is C36H32N2O4S. The van der Waals surface area contributed by atoms with Crippen LogP contribution in [0.1, 0.15) is 45.2 Å². The van der Waals surface area contributed by atoms with E-state index in [9.17, 15) is 0 Å². The fraction of sp³-hybridized carbons (Fsp3) is 0.0556. The van der Waals surface area contributed by atoms with Gasteiger partial charge in [-0.3, -0.25) is 8.42 Å². The third-order valence-electron chi connectivity index (χ3n) is 6.69. The molecule has 2 aromatic heterocycles. The lowest BCUT2D eigenvalue weighted by atomic mass is 9.86. The summed E-state index contributed by atoms with van der Waals surface area (Å²) in [5, 5.41) is 0. The van der Waals surface area contributed by atoms with Crippen LogP contribution in [0, 0.1) is 0 Å². The van der Waals surface area contributed by atoms with Crippen LogP contribution in [0.15, 0.2) is 170 Å². The molecule has 4 aromatic carbocycles. The van der Waals surface area contributed by atoms with Gasteiger partial charge in [0.05, 0.1) is 0 Å². The zero-order valence-corrected chi connectivity index (χ0v) is 24.2. The van der Waals surface area contributed by atoms with Crippen molar-refractivity contribution in [2.24, 2.45) is 0 Å². The molecule has 0 saturated heterocycles. The maximum absolute atomic E-state index is 8.52. The standard InChI is InChI=1S/2C18H15N.H2O4S/c2*1-3-7-15(8-4-1)18(16-9-5-2-6-10-16)17-11-13-19-14-12-17;1-5(2,3)4/h2*1-14,18H;(H2,1,2,3,4). The summed E-state index contributed by atoms with van der Waals surface area (Å²) in [5.41, 5.74) is 7.88. The predicted molar refractivity (Wildman–Crippen MR) is 164 cm³/mol. The molecule has 2 heterocycles. The summed E-state index contributed by atoms with van der Waals surface area (Å²) in [6, 6.07) is 51.1. The first kappa shape index (κ1) is 31.0. The van der Waals surface area contributed by atoms with Gasteiger partial charge in [-0.25, -0.2) is 9.97 Å².